The van der Waals surface area contributed by atoms with E-state index in [1.807, 2.05) is 35.7 Å². The van der Waals surface area contributed by atoms with E-state index in [1.54, 1.807) is 11.8 Å². The summed E-state index contributed by atoms with van der Waals surface area (Å²) in [5.41, 5.74) is 0.864. The quantitative estimate of drug-likeness (QED) is 0.626. The number of hydrogen-bond donors (Lipinski definition) is 1. The topological polar surface area (TPSA) is 42.0 Å². The Bertz CT molecular complexity index is 584. The molecule has 1 heterocycles. The van der Waals surface area contributed by atoms with Gasteiger partial charge in [-0.05, 0) is 12.1 Å². The Balaban J connectivity index is 1.91. The predicted octanol–water partition coefficient (Wildman–Crippen LogP) is 4.74. The minimum absolute atomic E-state index is 0.421. The molecule has 1 aromatic heterocycles. The van der Waals surface area contributed by atoms with Crippen molar-refractivity contribution in [2.45, 2.75) is 14.4 Å². The van der Waals surface area contributed by atoms with Crippen LogP contribution in [0.1, 0.15) is 5.69 Å². The van der Waals surface area contributed by atoms with E-state index < -0.39 is 9.70 Å². The molecule has 0 spiro atoms. The van der Waals surface area contributed by atoms with Crippen LogP contribution in [0.3, 0.4) is 0 Å². The second-order valence-corrected chi connectivity index (χ2v) is 7.89. The van der Waals surface area contributed by atoms with Gasteiger partial charge in [0.1, 0.15) is 0 Å². The number of nitrogens with one attached hydrogen (secondary N) is 1. The van der Waals surface area contributed by atoms with Gasteiger partial charge in [0.25, 0.3) is 9.70 Å². The molecule has 2 rings (SSSR count). The number of anilines is 1. The van der Waals surface area contributed by atoms with Gasteiger partial charge < -0.3 is 0 Å². The molecule has 0 aliphatic heterocycles. The lowest BCUT2D eigenvalue weighted by Crippen LogP contribution is -2.26. The van der Waals surface area contributed by atoms with Crippen molar-refractivity contribution in [3.8, 4) is 0 Å². The van der Waals surface area contributed by atoms with Gasteiger partial charge in [-0.25, -0.2) is 4.98 Å². The van der Waals surface area contributed by atoms with Gasteiger partial charge in [-0.1, -0.05) is 53.0 Å². The van der Waals surface area contributed by atoms with E-state index >= 15 is 0 Å². The highest BCUT2D eigenvalue weighted by molar-refractivity contribution is 7.98. The standard InChI is InChI=1S/C12H9Cl3N2OS2/c13-12(14,15)10(18)17-11-16-8(7-20-11)6-19-9-4-2-1-3-5-9/h1-5,7H,6H2,(H,16,17,18). The number of thiazole rings is 1. The highest BCUT2D eigenvalue weighted by Gasteiger charge is 2.31. The summed E-state index contributed by atoms with van der Waals surface area (Å²) in [6.07, 6.45) is 0. The number of rotatable bonds is 4. The molecule has 20 heavy (non-hydrogen) atoms. The normalized spacial score (nSPS) is 11.3. The Morgan fingerprint density at radius 1 is 1.30 bits per heavy atom. The van der Waals surface area contributed by atoms with Crippen LogP contribution in [0.4, 0.5) is 5.13 Å². The minimum atomic E-state index is -1.98. The van der Waals surface area contributed by atoms with Crippen molar-refractivity contribution in [1.29, 1.82) is 0 Å². The van der Waals surface area contributed by atoms with E-state index in [0.29, 0.717) is 10.9 Å². The lowest BCUT2D eigenvalue weighted by Gasteiger charge is -2.08. The van der Waals surface area contributed by atoms with Crippen molar-refractivity contribution in [3.63, 3.8) is 0 Å². The molecule has 0 atom stereocenters. The van der Waals surface area contributed by atoms with E-state index in [-0.39, 0.29) is 0 Å². The number of alkyl halides is 3. The van der Waals surface area contributed by atoms with Crippen LogP contribution in [0, 0.1) is 0 Å². The Hall–Kier alpha value is -0.460. The summed E-state index contributed by atoms with van der Waals surface area (Å²) in [7, 11) is 0. The average molecular weight is 368 g/mol. The van der Waals surface area contributed by atoms with E-state index in [9.17, 15) is 4.79 Å². The first-order valence-corrected chi connectivity index (χ1v) is 8.45. The number of amides is 1. The molecule has 1 amide bonds. The summed E-state index contributed by atoms with van der Waals surface area (Å²) in [5, 5.41) is 4.75. The van der Waals surface area contributed by atoms with Gasteiger partial charge >= 0.3 is 0 Å². The first-order valence-electron chi connectivity index (χ1n) is 5.45. The maximum absolute atomic E-state index is 11.5. The number of halogens is 3. The summed E-state index contributed by atoms with van der Waals surface area (Å²) in [5.74, 6) is 0.00330. The summed E-state index contributed by atoms with van der Waals surface area (Å²) < 4.78 is -1.98. The Morgan fingerprint density at radius 3 is 2.65 bits per heavy atom. The monoisotopic (exact) mass is 366 g/mol. The van der Waals surface area contributed by atoms with Crippen molar-refractivity contribution in [1.82, 2.24) is 4.98 Å². The molecule has 3 nitrogen and oxygen atoms in total. The highest BCUT2D eigenvalue weighted by Crippen LogP contribution is 2.29. The lowest BCUT2D eigenvalue weighted by atomic mass is 10.4. The Labute approximate surface area is 139 Å². The largest absolute Gasteiger partial charge is 0.298 e. The SMILES string of the molecule is O=C(Nc1nc(CSc2ccccc2)cs1)C(Cl)(Cl)Cl. The van der Waals surface area contributed by atoms with Gasteiger partial charge in [0.2, 0.25) is 0 Å². The molecule has 0 saturated carbocycles. The molecule has 1 N–H and O–H groups in total. The van der Waals surface area contributed by atoms with Crippen LogP contribution in [0.15, 0.2) is 40.6 Å². The van der Waals surface area contributed by atoms with E-state index in [4.69, 9.17) is 34.8 Å². The zero-order chi connectivity index (χ0) is 14.6. The maximum atomic E-state index is 11.5. The highest BCUT2D eigenvalue weighted by atomic mass is 35.6. The number of aromatic nitrogens is 1. The smallest absolute Gasteiger partial charge is 0.278 e. The van der Waals surface area contributed by atoms with Gasteiger partial charge in [-0.3, -0.25) is 10.1 Å². The predicted molar refractivity (Wildman–Crippen MR) is 87.0 cm³/mol. The van der Waals surface area contributed by atoms with Crippen LogP contribution in [0.5, 0.6) is 0 Å². The Kier molecular flexibility index (Phi) is 5.57. The zero-order valence-corrected chi connectivity index (χ0v) is 13.9. The molecular formula is C12H9Cl3N2OS2. The molecule has 1 aromatic carbocycles. The fourth-order valence-electron chi connectivity index (χ4n) is 1.27. The minimum Gasteiger partial charge on any atom is -0.298 e. The van der Waals surface area contributed by atoms with Crippen LogP contribution in [0.25, 0.3) is 0 Å². The summed E-state index contributed by atoms with van der Waals surface area (Å²) in [6.45, 7) is 0. The van der Waals surface area contributed by atoms with Gasteiger partial charge in [-0.2, -0.15) is 0 Å². The van der Waals surface area contributed by atoms with Crippen LogP contribution in [-0.4, -0.2) is 14.7 Å². The zero-order valence-electron chi connectivity index (χ0n) is 9.98. The molecule has 8 heteroatoms. The number of benzene rings is 1. The summed E-state index contributed by atoms with van der Waals surface area (Å²) in [6, 6.07) is 9.99. The van der Waals surface area contributed by atoms with Crippen molar-refractivity contribution >= 4 is 68.9 Å². The Morgan fingerprint density at radius 2 is 2.00 bits per heavy atom. The van der Waals surface area contributed by atoms with Gasteiger partial charge in [-0.15, -0.1) is 23.1 Å². The van der Waals surface area contributed by atoms with Crippen molar-refractivity contribution < 1.29 is 4.79 Å². The van der Waals surface area contributed by atoms with Crippen LogP contribution >= 0.6 is 57.9 Å². The van der Waals surface area contributed by atoms with Crippen LogP contribution in [-0.2, 0) is 10.5 Å². The van der Waals surface area contributed by atoms with E-state index in [2.05, 4.69) is 10.3 Å². The molecule has 0 aliphatic carbocycles. The third-order valence-corrected chi connectivity index (χ3v) is 4.53. The van der Waals surface area contributed by atoms with E-state index in [0.717, 1.165) is 10.6 Å². The summed E-state index contributed by atoms with van der Waals surface area (Å²) >= 11 is 19.4. The van der Waals surface area contributed by atoms with Gasteiger partial charge in [0.15, 0.2) is 5.13 Å². The number of carbonyl (C=O) groups is 1. The molecule has 0 aliphatic rings. The van der Waals surface area contributed by atoms with Crippen LogP contribution in [0.2, 0.25) is 0 Å². The number of carbonyl (C=O) groups excluding carboxylic acids is 1. The molecule has 0 saturated heterocycles. The molecule has 0 radical (unpaired) electrons. The van der Waals surface area contributed by atoms with Gasteiger partial charge in [0.05, 0.1) is 5.69 Å². The molecule has 106 valence electrons. The molecule has 0 fully saturated rings. The fraction of sp³-hybridized carbons (Fsp3) is 0.167. The average Bonchev–Trinajstić information content (AvgIpc) is 2.84. The van der Waals surface area contributed by atoms with Crippen LogP contribution < -0.4 is 5.32 Å². The van der Waals surface area contributed by atoms with Crippen molar-refractivity contribution in [2.24, 2.45) is 0 Å². The van der Waals surface area contributed by atoms with Crippen molar-refractivity contribution in [2.75, 3.05) is 5.32 Å². The maximum Gasteiger partial charge on any atom is 0.278 e. The van der Waals surface area contributed by atoms with Crippen molar-refractivity contribution in [3.05, 3.63) is 41.4 Å². The molecule has 0 bridgehead atoms. The molecule has 2 aromatic rings. The third kappa shape index (κ3) is 4.82. The summed E-state index contributed by atoms with van der Waals surface area (Å²) in [4.78, 5) is 16.9. The lowest BCUT2D eigenvalue weighted by molar-refractivity contribution is -0.115. The first-order chi connectivity index (χ1) is 9.45. The van der Waals surface area contributed by atoms with Gasteiger partial charge in [0, 0.05) is 16.0 Å². The molecular weight excluding hydrogens is 359 g/mol. The number of hydrogen-bond acceptors (Lipinski definition) is 4. The number of thioether (sulfide) groups is 1. The first kappa shape index (κ1) is 15.9. The number of nitrogens with zero attached hydrogens (tertiary/aromatic N) is 1. The molecule has 0 unspecified atom stereocenters. The van der Waals surface area contributed by atoms with E-state index in [1.165, 1.54) is 11.3 Å². The second kappa shape index (κ2) is 7.00. The fourth-order valence-corrected chi connectivity index (χ4v) is 3.04. The second-order valence-electron chi connectivity index (χ2n) is 3.70. The third-order valence-electron chi connectivity index (χ3n) is 2.16.